The molecule has 3 aromatic rings. The molecule has 0 fully saturated rings. The van der Waals surface area contributed by atoms with Crippen molar-refractivity contribution < 1.29 is 9.47 Å². The van der Waals surface area contributed by atoms with Crippen LogP contribution in [0.1, 0.15) is 22.7 Å². The fourth-order valence-corrected chi connectivity index (χ4v) is 3.76. The molecule has 0 aliphatic carbocycles. The van der Waals surface area contributed by atoms with Gasteiger partial charge in [-0.25, -0.2) is 0 Å². The second-order valence-electron chi connectivity index (χ2n) is 6.80. The Morgan fingerprint density at radius 1 is 0.926 bits per heavy atom. The van der Waals surface area contributed by atoms with Crippen LogP contribution in [0.5, 0.6) is 11.5 Å². The maximum absolute atomic E-state index is 5.51. The average molecular weight is 360 g/mol. The molecule has 4 nitrogen and oxygen atoms in total. The van der Waals surface area contributed by atoms with Crippen LogP contribution in [0, 0.1) is 0 Å². The lowest BCUT2D eigenvalue weighted by molar-refractivity contribution is 0.352. The number of aromatic nitrogens is 1. The first-order valence-corrected chi connectivity index (χ1v) is 9.26. The van der Waals surface area contributed by atoms with E-state index in [1.807, 2.05) is 24.5 Å². The van der Waals surface area contributed by atoms with Crippen molar-refractivity contribution in [2.24, 2.45) is 0 Å². The van der Waals surface area contributed by atoms with Crippen LogP contribution in [0.4, 0.5) is 0 Å². The SMILES string of the molecule is COc1cc2c(cc1OC)C(Cc1ccc(-c3ccncc3)cc1)NCC2. The summed E-state index contributed by atoms with van der Waals surface area (Å²) in [4.78, 5) is 4.09. The standard InChI is InChI=1S/C23H24N2O2/c1-26-22-14-19-9-12-25-21(20(19)15-23(22)27-2)13-16-3-5-17(6-4-16)18-7-10-24-11-8-18/h3-8,10-11,14-15,21,25H,9,12-13H2,1-2H3. The maximum Gasteiger partial charge on any atom is 0.161 e. The van der Waals surface area contributed by atoms with Gasteiger partial charge in [-0.2, -0.15) is 0 Å². The lowest BCUT2D eigenvalue weighted by Gasteiger charge is -2.28. The van der Waals surface area contributed by atoms with Crippen LogP contribution in [0.2, 0.25) is 0 Å². The third kappa shape index (κ3) is 3.67. The van der Waals surface area contributed by atoms with Crippen molar-refractivity contribution in [2.45, 2.75) is 18.9 Å². The van der Waals surface area contributed by atoms with E-state index in [-0.39, 0.29) is 6.04 Å². The number of hydrogen-bond donors (Lipinski definition) is 1. The van der Waals surface area contributed by atoms with E-state index in [2.05, 4.69) is 46.7 Å². The predicted octanol–water partition coefficient (Wildman–Crippen LogP) is 4.20. The highest BCUT2D eigenvalue weighted by molar-refractivity contribution is 5.63. The zero-order valence-corrected chi connectivity index (χ0v) is 15.7. The van der Waals surface area contributed by atoms with E-state index >= 15 is 0 Å². The van der Waals surface area contributed by atoms with Gasteiger partial charge in [-0.15, -0.1) is 0 Å². The molecule has 2 aromatic carbocycles. The van der Waals surface area contributed by atoms with Crippen molar-refractivity contribution in [1.29, 1.82) is 0 Å². The number of hydrogen-bond acceptors (Lipinski definition) is 4. The minimum Gasteiger partial charge on any atom is -0.493 e. The molecule has 0 saturated carbocycles. The highest BCUT2D eigenvalue weighted by Crippen LogP contribution is 2.36. The Bertz CT molecular complexity index is 908. The summed E-state index contributed by atoms with van der Waals surface area (Å²) < 4.78 is 11.0. The monoisotopic (exact) mass is 360 g/mol. The number of nitrogens with zero attached hydrogens (tertiary/aromatic N) is 1. The molecule has 0 amide bonds. The van der Waals surface area contributed by atoms with Crippen LogP contribution < -0.4 is 14.8 Å². The molecule has 0 saturated heterocycles. The van der Waals surface area contributed by atoms with Crippen molar-refractivity contribution in [2.75, 3.05) is 20.8 Å². The van der Waals surface area contributed by atoms with Crippen LogP contribution in [-0.2, 0) is 12.8 Å². The smallest absolute Gasteiger partial charge is 0.161 e. The third-order valence-corrected chi connectivity index (χ3v) is 5.21. The number of benzene rings is 2. The summed E-state index contributed by atoms with van der Waals surface area (Å²) in [6.07, 6.45) is 5.61. The molecular weight excluding hydrogens is 336 g/mol. The van der Waals surface area contributed by atoms with Gasteiger partial charge < -0.3 is 14.8 Å². The number of pyridine rings is 1. The van der Waals surface area contributed by atoms with Gasteiger partial charge in [0.1, 0.15) is 0 Å². The second kappa shape index (κ2) is 7.80. The molecule has 1 unspecified atom stereocenters. The highest BCUT2D eigenvalue weighted by Gasteiger charge is 2.22. The van der Waals surface area contributed by atoms with Gasteiger partial charge in [-0.1, -0.05) is 24.3 Å². The van der Waals surface area contributed by atoms with Gasteiger partial charge >= 0.3 is 0 Å². The average Bonchev–Trinajstić information content (AvgIpc) is 2.74. The zero-order chi connectivity index (χ0) is 18.6. The molecule has 2 heterocycles. The maximum atomic E-state index is 5.51. The Hall–Kier alpha value is -2.85. The lowest BCUT2D eigenvalue weighted by Crippen LogP contribution is -2.31. The number of fused-ring (bicyclic) bond motifs is 1. The van der Waals surface area contributed by atoms with Crippen LogP contribution in [0.25, 0.3) is 11.1 Å². The van der Waals surface area contributed by atoms with Gasteiger partial charge in [0.25, 0.3) is 0 Å². The van der Waals surface area contributed by atoms with Crippen LogP contribution in [0.3, 0.4) is 0 Å². The fraction of sp³-hybridized carbons (Fsp3) is 0.261. The molecular formula is C23H24N2O2. The Morgan fingerprint density at radius 2 is 1.59 bits per heavy atom. The molecule has 1 aliphatic heterocycles. The summed E-state index contributed by atoms with van der Waals surface area (Å²) in [6, 6.07) is 17.4. The summed E-state index contributed by atoms with van der Waals surface area (Å²) in [5.74, 6) is 1.59. The lowest BCUT2D eigenvalue weighted by atomic mass is 9.89. The summed E-state index contributed by atoms with van der Waals surface area (Å²) in [6.45, 7) is 0.974. The molecule has 138 valence electrons. The fourth-order valence-electron chi connectivity index (χ4n) is 3.76. The van der Waals surface area contributed by atoms with Crippen molar-refractivity contribution in [3.63, 3.8) is 0 Å². The zero-order valence-electron chi connectivity index (χ0n) is 15.7. The van der Waals surface area contributed by atoms with Crippen molar-refractivity contribution in [3.05, 3.63) is 77.6 Å². The van der Waals surface area contributed by atoms with Crippen molar-refractivity contribution in [1.82, 2.24) is 10.3 Å². The number of methoxy groups -OCH3 is 2. The van der Waals surface area contributed by atoms with Crippen molar-refractivity contribution in [3.8, 4) is 22.6 Å². The molecule has 0 spiro atoms. The minimum atomic E-state index is 0.278. The summed E-state index contributed by atoms with van der Waals surface area (Å²) in [7, 11) is 3.38. The van der Waals surface area contributed by atoms with E-state index in [1.54, 1.807) is 14.2 Å². The van der Waals surface area contributed by atoms with E-state index in [4.69, 9.17) is 9.47 Å². The molecule has 1 aromatic heterocycles. The van der Waals surface area contributed by atoms with E-state index in [9.17, 15) is 0 Å². The van der Waals surface area contributed by atoms with Crippen LogP contribution in [0.15, 0.2) is 60.9 Å². The first-order chi connectivity index (χ1) is 13.3. The van der Waals surface area contributed by atoms with E-state index in [0.29, 0.717) is 0 Å². The molecule has 1 aliphatic rings. The number of rotatable bonds is 5. The molecule has 4 rings (SSSR count). The van der Waals surface area contributed by atoms with Gasteiger partial charge in [-0.05, 0) is 71.5 Å². The van der Waals surface area contributed by atoms with Crippen LogP contribution >= 0.6 is 0 Å². The van der Waals surface area contributed by atoms with Crippen molar-refractivity contribution >= 4 is 0 Å². The summed E-state index contributed by atoms with van der Waals surface area (Å²) in [5, 5.41) is 3.65. The molecule has 1 atom stereocenters. The largest absolute Gasteiger partial charge is 0.493 e. The normalized spacial score (nSPS) is 15.9. The van der Waals surface area contributed by atoms with Gasteiger partial charge in [0, 0.05) is 18.4 Å². The van der Waals surface area contributed by atoms with Gasteiger partial charge in [0.2, 0.25) is 0 Å². The molecule has 0 radical (unpaired) electrons. The Kier molecular flexibility index (Phi) is 5.07. The Morgan fingerprint density at radius 3 is 2.30 bits per heavy atom. The predicted molar refractivity (Wildman–Crippen MR) is 107 cm³/mol. The van der Waals surface area contributed by atoms with E-state index in [0.717, 1.165) is 30.9 Å². The summed E-state index contributed by atoms with van der Waals surface area (Å²) in [5.41, 5.74) is 6.36. The molecule has 0 bridgehead atoms. The molecule has 1 N–H and O–H groups in total. The van der Waals surface area contributed by atoms with Gasteiger partial charge in [0.15, 0.2) is 11.5 Å². The number of nitrogens with one attached hydrogen (secondary N) is 1. The quantitative estimate of drug-likeness (QED) is 0.741. The summed E-state index contributed by atoms with van der Waals surface area (Å²) >= 11 is 0. The van der Waals surface area contributed by atoms with Crippen LogP contribution in [-0.4, -0.2) is 25.7 Å². The first kappa shape index (κ1) is 17.6. The minimum absolute atomic E-state index is 0.278. The number of ether oxygens (including phenoxy) is 2. The Balaban J connectivity index is 1.57. The van der Waals surface area contributed by atoms with Gasteiger partial charge in [-0.3, -0.25) is 4.98 Å². The molecule has 27 heavy (non-hydrogen) atoms. The van der Waals surface area contributed by atoms with Gasteiger partial charge in [0.05, 0.1) is 14.2 Å². The third-order valence-electron chi connectivity index (χ3n) is 5.21. The molecule has 4 heteroatoms. The second-order valence-corrected chi connectivity index (χ2v) is 6.80. The van der Waals surface area contributed by atoms with E-state index < -0.39 is 0 Å². The van der Waals surface area contributed by atoms with E-state index in [1.165, 1.54) is 27.8 Å². The topological polar surface area (TPSA) is 43.4 Å². The Labute approximate surface area is 160 Å². The highest BCUT2D eigenvalue weighted by atomic mass is 16.5. The first-order valence-electron chi connectivity index (χ1n) is 9.26.